The van der Waals surface area contributed by atoms with Gasteiger partial charge < -0.3 is 10.1 Å². The van der Waals surface area contributed by atoms with Gasteiger partial charge in [-0.25, -0.2) is 4.98 Å². The Labute approximate surface area is 104 Å². The van der Waals surface area contributed by atoms with Crippen LogP contribution in [-0.4, -0.2) is 15.1 Å². The van der Waals surface area contributed by atoms with Crippen molar-refractivity contribution in [2.45, 2.75) is 25.2 Å². The van der Waals surface area contributed by atoms with Crippen molar-refractivity contribution in [2.24, 2.45) is 0 Å². The molecule has 3 rings (SSSR count). The van der Waals surface area contributed by atoms with Crippen LogP contribution in [0, 0.1) is 0 Å². The first kappa shape index (κ1) is 10.7. The molecule has 1 fully saturated rings. The lowest BCUT2D eigenvalue weighted by Gasteiger charge is -2.22. The predicted molar refractivity (Wildman–Crippen MR) is 67.3 cm³/mol. The molecule has 0 spiro atoms. The number of phenolic OH excluding ortho intramolecular Hbond substituents is 1. The van der Waals surface area contributed by atoms with E-state index in [-0.39, 0.29) is 5.75 Å². The van der Waals surface area contributed by atoms with E-state index in [1.54, 1.807) is 12.1 Å². The molecule has 3 nitrogen and oxygen atoms in total. The van der Waals surface area contributed by atoms with Gasteiger partial charge in [-0.2, -0.15) is 0 Å². The van der Waals surface area contributed by atoms with Gasteiger partial charge in [0.05, 0.1) is 16.9 Å². The number of nitrogens with zero attached hydrogens (tertiary/aromatic N) is 1. The van der Waals surface area contributed by atoms with E-state index in [9.17, 15) is 5.11 Å². The molecule has 2 aromatic rings. The fourth-order valence-electron chi connectivity index (χ4n) is 2.05. The van der Waals surface area contributed by atoms with Crippen LogP contribution in [0.4, 0.5) is 0 Å². The lowest BCUT2D eigenvalue weighted by atomic mass is 9.85. The first-order valence-corrected chi connectivity index (χ1v) is 6.15. The Morgan fingerprint density at radius 3 is 2.82 bits per heavy atom. The topological polar surface area (TPSA) is 48.9 Å². The number of benzene rings is 1. The van der Waals surface area contributed by atoms with Gasteiger partial charge >= 0.3 is 0 Å². The lowest BCUT2D eigenvalue weighted by molar-refractivity contribution is 0.404. The Morgan fingerprint density at radius 1 is 1.35 bits per heavy atom. The summed E-state index contributed by atoms with van der Waals surface area (Å²) in [4.78, 5) is 7.71. The highest BCUT2D eigenvalue weighted by Crippen LogP contribution is 2.36. The number of halogens is 1. The monoisotopic (exact) mass is 248 g/mol. The Hall–Kier alpha value is -1.48. The number of aromatic hydroxyl groups is 1. The molecule has 0 unspecified atom stereocenters. The van der Waals surface area contributed by atoms with Gasteiger partial charge in [0.2, 0.25) is 0 Å². The minimum atomic E-state index is 0.101. The van der Waals surface area contributed by atoms with E-state index in [2.05, 4.69) is 9.97 Å². The minimum absolute atomic E-state index is 0.101. The fraction of sp³-hybridized carbons (Fsp3) is 0.308. The van der Waals surface area contributed by atoms with Crippen molar-refractivity contribution < 1.29 is 5.11 Å². The van der Waals surface area contributed by atoms with E-state index >= 15 is 0 Å². The molecule has 1 aromatic heterocycles. The number of aromatic nitrogens is 2. The third-order valence-corrected chi connectivity index (χ3v) is 3.66. The highest BCUT2D eigenvalue weighted by atomic mass is 35.5. The van der Waals surface area contributed by atoms with Gasteiger partial charge in [0, 0.05) is 11.5 Å². The first-order valence-electron chi connectivity index (χ1n) is 5.78. The molecule has 1 aliphatic carbocycles. The SMILES string of the molecule is Oc1cc(-c2cnc(C3CCC3)[nH]2)ccc1Cl. The number of nitrogens with one attached hydrogen (secondary N) is 1. The molecule has 17 heavy (non-hydrogen) atoms. The van der Waals surface area contributed by atoms with Crippen LogP contribution in [0.1, 0.15) is 31.0 Å². The fourth-order valence-corrected chi connectivity index (χ4v) is 2.17. The third-order valence-electron chi connectivity index (χ3n) is 3.34. The molecule has 2 N–H and O–H groups in total. The zero-order chi connectivity index (χ0) is 11.8. The van der Waals surface area contributed by atoms with Crippen LogP contribution in [0.2, 0.25) is 5.02 Å². The van der Waals surface area contributed by atoms with Crippen molar-refractivity contribution >= 4 is 11.6 Å². The van der Waals surface area contributed by atoms with Crippen LogP contribution >= 0.6 is 11.6 Å². The minimum Gasteiger partial charge on any atom is -0.506 e. The lowest BCUT2D eigenvalue weighted by Crippen LogP contribution is -2.10. The Kier molecular flexibility index (Phi) is 2.56. The van der Waals surface area contributed by atoms with E-state index in [1.165, 1.54) is 19.3 Å². The molecule has 0 saturated heterocycles. The molecule has 1 aromatic carbocycles. The van der Waals surface area contributed by atoms with Crippen molar-refractivity contribution in [1.82, 2.24) is 9.97 Å². The maximum atomic E-state index is 9.57. The molecule has 1 saturated carbocycles. The van der Waals surface area contributed by atoms with E-state index in [1.807, 2.05) is 12.3 Å². The second-order valence-electron chi connectivity index (χ2n) is 4.48. The highest BCUT2D eigenvalue weighted by Gasteiger charge is 2.22. The van der Waals surface area contributed by atoms with Crippen molar-refractivity contribution in [3.8, 4) is 17.0 Å². The summed E-state index contributed by atoms with van der Waals surface area (Å²) in [6, 6.07) is 5.22. The maximum Gasteiger partial charge on any atom is 0.134 e. The summed E-state index contributed by atoms with van der Waals surface area (Å²) in [5, 5.41) is 9.94. The molecule has 1 heterocycles. The summed E-state index contributed by atoms with van der Waals surface area (Å²) in [6.45, 7) is 0. The average Bonchev–Trinajstić information content (AvgIpc) is 2.69. The molecule has 0 bridgehead atoms. The van der Waals surface area contributed by atoms with Crippen molar-refractivity contribution in [3.05, 3.63) is 35.2 Å². The zero-order valence-corrected chi connectivity index (χ0v) is 10.0. The standard InChI is InChI=1S/C13H13ClN2O/c14-10-5-4-9(6-12(10)17)11-7-15-13(16-11)8-2-1-3-8/h4-8,17H,1-3H2,(H,15,16). The Balaban J connectivity index is 1.92. The van der Waals surface area contributed by atoms with Gasteiger partial charge in [0.25, 0.3) is 0 Å². The van der Waals surface area contributed by atoms with Crippen LogP contribution in [0.15, 0.2) is 24.4 Å². The number of imidazole rings is 1. The maximum absolute atomic E-state index is 9.57. The Morgan fingerprint density at radius 2 is 2.18 bits per heavy atom. The van der Waals surface area contributed by atoms with Gasteiger partial charge in [-0.3, -0.25) is 0 Å². The zero-order valence-electron chi connectivity index (χ0n) is 9.28. The van der Waals surface area contributed by atoms with Crippen LogP contribution in [-0.2, 0) is 0 Å². The molecule has 0 radical (unpaired) electrons. The van der Waals surface area contributed by atoms with Crippen LogP contribution in [0.3, 0.4) is 0 Å². The number of aromatic amines is 1. The van der Waals surface area contributed by atoms with Crippen molar-refractivity contribution in [3.63, 3.8) is 0 Å². The van der Waals surface area contributed by atoms with Crippen molar-refractivity contribution in [1.29, 1.82) is 0 Å². The quantitative estimate of drug-likeness (QED) is 0.851. The summed E-state index contributed by atoms with van der Waals surface area (Å²) in [7, 11) is 0. The number of rotatable bonds is 2. The first-order chi connectivity index (χ1) is 8.24. The second kappa shape index (κ2) is 4.08. The van der Waals surface area contributed by atoms with Gasteiger partial charge in [-0.1, -0.05) is 24.1 Å². The number of hydrogen-bond acceptors (Lipinski definition) is 2. The van der Waals surface area contributed by atoms with Gasteiger partial charge in [0.15, 0.2) is 0 Å². The largest absolute Gasteiger partial charge is 0.506 e. The predicted octanol–water partition coefficient (Wildman–Crippen LogP) is 3.70. The second-order valence-corrected chi connectivity index (χ2v) is 4.88. The van der Waals surface area contributed by atoms with Crippen LogP contribution < -0.4 is 0 Å². The molecule has 0 aliphatic heterocycles. The highest BCUT2D eigenvalue weighted by molar-refractivity contribution is 6.32. The smallest absolute Gasteiger partial charge is 0.134 e. The summed E-state index contributed by atoms with van der Waals surface area (Å²) in [6.07, 6.45) is 5.55. The third kappa shape index (κ3) is 1.91. The molecule has 88 valence electrons. The molecule has 4 heteroatoms. The molecular formula is C13H13ClN2O. The molecular weight excluding hydrogens is 236 g/mol. The van der Waals surface area contributed by atoms with Gasteiger partial charge in [-0.05, 0) is 25.0 Å². The summed E-state index contributed by atoms with van der Waals surface area (Å²) in [5.41, 5.74) is 1.84. The van der Waals surface area contributed by atoms with E-state index in [0.717, 1.165) is 17.1 Å². The average molecular weight is 249 g/mol. The number of phenols is 1. The molecule has 0 atom stereocenters. The van der Waals surface area contributed by atoms with Gasteiger partial charge in [0.1, 0.15) is 11.6 Å². The van der Waals surface area contributed by atoms with Crippen molar-refractivity contribution in [2.75, 3.05) is 0 Å². The summed E-state index contributed by atoms with van der Waals surface area (Å²) >= 11 is 5.78. The molecule has 0 amide bonds. The van der Waals surface area contributed by atoms with E-state index in [4.69, 9.17) is 11.6 Å². The van der Waals surface area contributed by atoms with E-state index in [0.29, 0.717) is 10.9 Å². The van der Waals surface area contributed by atoms with Gasteiger partial charge in [-0.15, -0.1) is 0 Å². The summed E-state index contributed by atoms with van der Waals surface area (Å²) < 4.78 is 0. The van der Waals surface area contributed by atoms with Crippen LogP contribution in [0.5, 0.6) is 5.75 Å². The number of hydrogen-bond donors (Lipinski definition) is 2. The summed E-state index contributed by atoms with van der Waals surface area (Å²) in [5.74, 6) is 1.74. The Bertz CT molecular complexity index is 546. The molecule has 1 aliphatic rings. The van der Waals surface area contributed by atoms with Crippen LogP contribution in [0.25, 0.3) is 11.3 Å². The van der Waals surface area contributed by atoms with E-state index < -0.39 is 0 Å². The normalized spacial score (nSPS) is 15.8. The number of H-pyrrole nitrogens is 1.